The van der Waals surface area contributed by atoms with Gasteiger partial charge in [-0.05, 0) is 18.2 Å². The van der Waals surface area contributed by atoms with Crippen LogP contribution in [0, 0.1) is 0 Å². The molecule has 3 rings (SSSR count). The van der Waals surface area contributed by atoms with Crippen LogP contribution in [0.2, 0.25) is 0 Å². The summed E-state index contributed by atoms with van der Waals surface area (Å²) in [5.74, 6) is 1.05. The highest BCUT2D eigenvalue weighted by Gasteiger charge is 2.14. The first kappa shape index (κ1) is 16.2. The van der Waals surface area contributed by atoms with E-state index in [9.17, 15) is 5.11 Å². The van der Waals surface area contributed by atoms with Crippen molar-refractivity contribution in [3.8, 4) is 0 Å². The molecular formula is C16H18N4OS2. The van der Waals surface area contributed by atoms with Crippen molar-refractivity contribution in [2.24, 2.45) is 0 Å². The Bertz CT molecular complexity index is 763. The molecule has 7 heteroatoms. The first-order valence-corrected chi connectivity index (χ1v) is 9.41. The smallest absolute Gasteiger partial charge is 0.176 e. The lowest BCUT2D eigenvalue weighted by molar-refractivity contribution is 0.277. The normalized spacial score (nSPS) is 12.4. The van der Waals surface area contributed by atoms with Crippen LogP contribution in [0.15, 0.2) is 41.0 Å². The molecule has 0 aliphatic rings. The van der Waals surface area contributed by atoms with Gasteiger partial charge < -0.3 is 10.4 Å². The van der Waals surface area contributed by atoms with Crippen molar-refractivity contribution in [1.29, 1.82) is 0 Å². The molecule has 1 aromatic carbocycles. The van der Waals surface area contributed by atoms with E-state index in [4.69, 9.17) is 0 Å². The number of aliphatic hydroxyl groups excluding tert-OH is 1. The average Bonchev–Trinajstić information content (AvgIpc) is 3.03. The maximum atomic E-state index is 9.34. The van der Waals surface area contributed by atoms with Gasteiger partial charge in [0.15, 0.2) is 9.99 Å². The molecule has 0 spiro atoms. The van der Waals surface area contributed by atoms with Gasteiger partial charge in [-0.2, -0.15) is 0 Å². The summed E-state index contributed by atoms with van der Waals surface area (Å²) in [6.07, 6.45) is 4.26. The van der Waals surface area contributed by atoms with Gasteiger partial charge >= 0.3 is 0 Å². The summed E-state index contributed by atoms with van der Waals surface area (Å²) in [4.78, 5) is 13.0. The van der Waals surface area contributed by atoms with Crippen LogP contribution in [0.25, 0.3) is 10.3 Å². The summed E-state index contributed by atoms with van der Waals surface area (Å²) in [6.45, 7) is 0.876. The molecule has 0 saturated heterocycles. The minimum absolute atomic E-state index is 0.164. The van der Waals surface area contributed by atoms with Gasteiger partial charge in [-0.25, -0.2) is 15.0 Å². The molecule has 1 atom stereocenters. The number of aliphatic hydroxyl groups is 1. The van der Waals surface area contributed by atoms with E-state index in [0.717, 1.165) is 20.5 Å². The second-order valence-corrected chi connectivity index (χ2v) is 7.11. The van der Waals surface area contributed by atoms with E-state index >= 15 is 0 Å². The molecule has 1 unspecified atom stereocenters. The van der Waals surface area contributed by atoms with Gasteiger partial charge in [-0.3, -0.25) is 0 Å². The largest absolute Gasteiger partial charge is 0.396 e. The molecule has 0 aliphatic heterocycles. The van der Waals surface area contributed by atoms with Gasteiger partial charge in [0, 0.05) is 19.1 Å². The molecular weight excluding hydrogens is 328 g/mol. The summed E-state index contributed by atoms with van der Waals surface area (Å²) >= 11 is 3.21. The van der Waals surface area contributed by atoms with Crippen LogP contribution in [0.5, 0.6) is 0 Å². The lowest BCUT2D eigenvalue weighted by Gasteiger charge is -2.17. The van der Waals surface area contributed by atoms with Crippen molar-refractivity contribution in [2.75, 3.05) is 24.7 Å². The van der Waals surface area contributed by atoms with Crippen LogP contribution in [0.3, 0.4) is 0 Å². The number of hydrogen-bond acceptors (Lipinski definition) is 7. The zero-order chi connectivity index (χ0) is 16.1. The fourth-order valence-electron chi connectivity index (χ4n) is 2.44. The van der Waals surface area contributed by atoms with E-state index < -0.39 is 0 Å². The number of thiazole rings is 1. The van der Waals surface area contributed by atoms with Gasteiger partial charge in [0.2, 0.25) is 0 Å². The third kappa shape index (κ3) is 3.80. The monoisotopic (exact) mass is 346 g/mol. The third-order valence-electron chi connectivity index (χ3n) is 3.61. The first-order valence-electron chi connectivity index (χ1n) is 7.37. The number of fused-ring (bicyclic) bond motifs is 1. The van der Waals surface area contributed by atoms with Crippen LogP contribution in [-0.4, -0.2) is 39.5 Å². The zero-order valence-electron chi connectivity index (χ0n) is 12.8. The Morgan fingerprint density at radius 1 is 1.26 bits per heavy atom. The highest BCUT2D eigenvalue weighted by molar-refractivity contribution is 8.00. The van der Waals surface area contributed by atoms with Crippen LogP contribution in [0.4, 0.5) is 5.82 Å². The number of benzene rings is 1. The summed E-state index contributed by atoms with van der Waals surface area (Å²) in [5, 5.41) is 12.7. The van der Waals surface area contributed by atoms with E-state index in [0.29, 0.717) is 13.0 Å². The fraction of sp³-hybridized carbons (Fsp3) is 0.312. The molecule has 5 nitrogen and oxygen atoms in total. The molecule has 2 N–H and O–H groups in total. The quantitative estimate of drug-likeness (QED) is 0.639. The van der Waals surface area contributed by atoms with Crippen molar-refractivity contribution in [3.05, 3.63) is 42.2 Å². The molecule has 23 heavy (non-hydrogen) atoms. The second kappa shape index (κ2) is 7.72. The minimum Gasteiger partial charge on any atom is -0.396 e. The molecule has 0 bridgehead atoms. The molecule has 3 aromatic rings. The lowest BCUT2D eigenvalue weighted by Crippen LogP contribution is -2.15. The Labute approximate surface area is 143 Å². The van der Waals surface area contributed by atoms with Crippen LogP contribution in [0.1, 0.15) is 17.9 Å². The van der Waals surface area contributed by atoms with Crippen molar-refractivity contribution in [2.45, 2.75) is 16.7 Å². The molecule has 0 saturated carbocycles. The van der Waals surface area contributed by atoms with Crippen LogP contribution < -0.4 is 5.32 Å². The molecule has 0 radical (unpaired) electrons. The Morgan fingerprint density at radius 3 is 2.83 bits per heavy atom. The fourth-order valence-corrected chi connectivity index (χ4v) is 3.91. The number of aromatic nitrogens is 3. The van der Waals surface area contributed by atoms with Crippen molar-refractivity contribution in [3.63, 3.8) is 0 Å². The standard InChI is InChI=1S/C16H18N4OS2/c1-22-16-20-15-13(23-16)14(18-10-19-15)17-9-12(7-8-21)11-5-3-2-4-6-11/h2-6,10,12,21H,7-9H2,1H3,(H,17,18,19). The van der Waals surface area contributed by atoms with Gasteiger partial charge in [-0.15, -0.1) is 11.3 Å². The lowest BCUT2D eigenvalue weighted by atomic mass is 9.96. The van der Waals surface area contributed by atoms with Crippen molar-refractivity contribution >= 4 is 39.3 Å². The van der Waals surface area contributed by atoms with Crippen molar-refractivity contribution in [1.82, 2.24) is 15.0 Å². The van der Waals surface area contributed by atoms with Gasteiger partial charge in [0.25, 0.3) is 0 Å². The highest BCUT2D eigenvalue weighted by atomic mass is 32.2. The number of nitrogens with one attached hydrogen (secondary N) is 1. The maximum Gasteiger partial charge on any atom is 0.176 e. The highest BCUT2D eigenvalue weighted by Crippen LogP contribution is 2.31. The third-order valence-corrected chi connectivity index (χ3v) is 5.65. The van der Waals surface area contributed by atoms with E-state index in [1.165, 1.54) is 11.9 Å². The number of thioether (sulfide) groups is 1. The predicted octanol–water partition coefficient (Wildman–Crippen LogP) is 3.39. The Hall–Kier alpha value is -1.70. The topological polar surface area (TPSA) is 70.9 Å². The molecule has 2 aromatic heterocycles. The summed E-state index contributed by atoms with van der Waals surface area (Å²) < 4.78 is 1.96. The molecule has 2 heterocycles. The summed E-state index contributed by atoms with van der Waals surface area (Å²) in [7, 11) is 0. The van der Waals surface area contributed by atoms with Crippen LogP contribution in [-0.2, 0) is 0 Å². The Balaban J connectivity index is 1.79. The Kier molecular flexibility index (Phi) is 5.43. The summed E-state index contributed by atoms with van der Waals surface area (Å²) in [6, 6.07) is 10.2. The van der Waals surface area contributed by atoms with Gasteiger partial charge in [0.1, 0.15) is 16.8 Å². The molecule has 0 amide bonds. The average molecular weight is 346 g/mol. The maximum absolute atomic E-state index is 9.34. The molecule has 0 fully saturated rings. The van der Waals surface area contributed by atoms with E-state index in [1.807, 2.05) is 24.5 Å². The zero-order valence-corrected chi connectivity index (χ0v) is 14.4. The van der Waals surface area contributed by atoms with Crippen molar-refractivity contribution < 1.29 is 5.11 Å². The number of nitrogens with zero attached hydrogens (tertiary/aromatic N) is 3. The summed E-state index contributed by atoms with van der Waals surface area (Å²) in [5.41, 5.74) is 1.95. The minimum atomic E-state index is 0.164. The molecule has 0 aliphatic carbocycles. The van der Waals surface area contributed by atoms with E-state index in [-0.39, 0.29) is 12.5 Å². The van der Waals surface area contributed by atoms with Crippen LogP contribution >= 0.6 is 23.1 Å². The Morgan fingerprint density at radius 2 is 2.09 bits per heavy atom. The molecule has 120 valence electrons. The van der Waals surface area contributed by atoms with Gasteiger partial charge in [-0.1, -0.05) is 42.1 Å². The van der Waals surface area contributed by atoms with E-state index in [1.54, 1.807) is 23.1 Å². The van der Waals surface area contributed by atoms with E-state index in [2.05, 4.69) is 32.4 Å². The number of hydrogen-bond donors (Lipinski definition) is 2. The number of anilines is 1. The predicted molar refractivity (Wildman–Crippen MR) is 96.4 cm³/mol. The SMILES string of the molecule is CSc1nc2ncnc(NCC(CCO)c3ccccc3)c2s1. The first-order chi connectivity index (χ1) is 11.3. The van der Waals surface area contributed by atoms with Gasteiger partial charge in [0.05, 0.1) is 0 Å². The second-order valence-electron chi connectivity index (χ2n) is 5.06. The number of rotatable bonds is 7.